The molecule has 2 heterocycles. The van der Waals surface area contributed by atoms with Gasteiger partial charge in [-0.3, -0.25) is 4.99 Å². The van der Waals surface area contributed by atoms with Crippen molar-refractivity contribution < 1.29 is 4.39 Å². The van der Waals surface area contributed by atoms with E-state index >= 15 is 0 Å². The third-order valence-electron chi connectivity index (χ3n) is 5.80. The SMILES string of the molecule is NC(=NCC1CCCCC1)c1nc2ccc3ncnc(Nc4ccc(Br)cc4F)c3c2s1. The second-order valence-corrected chi connectivity index (χ2v) is 9.94. The number of benzene rings is 2. The van der Waals surface area contributed by atoms with Gasteiger partial charge in [0.25, 0.3) is 0 Å². The van der Waals surface area contributed by atoms with E-state index in [-0.39, 0.29) is 5.82 Å². The zero-order chi connectivity index (χ0) is 22.1. The van der Waals surface area contributed by atoms with Gasteiger partial charge in [-0.15, -0.1) is 11.3 Å². The molecule has 0 amide bonds. The topological polar surface area (TPSA) is 89.1 Å². The Morgan fingerprint density at radius 3 is 2.78 bits per heavy atom. The number of fused-ring (bicyclic) bond motifs is 3. The molecule has 0 saturated heterocycles. The smallest absolute Gasteiger partial charge is 0.159 e. The highest BCUT2D eigenvalue weighted by molar-refractivity contribution is 9.10. The standard InChI is InChI=1S/C23H22BrFN6S/c24-14-6-7-16(15(25)10-14)30-22-19-17(28-12-29-22)8-9-18-20(19)32-23(31-18)21(26)27-11-13-4-2-1-3-5-13/h6-10,12-13H,1-5,11H2,(H2,26,27)(H,28,29,30). The minimum absolute atomic E-state index is 0.337. The van der Waals surface area contributed by atoms with Crippen LogP contribution in [0, 0.1) is 11.7 Å². The first-order valence-electron chi connectivity index (χ1n) is 10.6. The van der Waals surface area contributed by atoms with E-state index in [1.54, 1.807) is 12.1 Å². The van der Waals surface area contributed by atoms with Gasteiger partial charge in [0.2, 0.25) is 0 Å². The van der Waals surface area contributed by atoms with Crippen molar-refractivity contribution in [3.63, 3.8) is 0 Å². The van der Waals surface area contributed by atoms with E-state index in [2.05, 4.69) is 36.2 Å². The molecule has 0 unspecified atom stereocenters. The van der Waals surface area contributed by atoms with E-state index in [9.17, 15) is 4.39 Å². The summed E-state index contributed by atoms with van der Waals surface area (Å²) >= 11 is 4.75. The monoisotopic (exact) mass is 512 g/mol. The number of nitrogens with two attached hydrogens (primary N) is 1. The summed E-state index contributed by atoms with van der Waals surface area (Å²) in [6, 6.07) is 8.67. The van der Waals surface area contributed by atoms with Gasteiger partial charge in [0.1, 0.15) is 18.0 Å². The molecule has 1 aliphatic rings. The molecule has 1 fully saturated rings. The molecule has 4 aromatic rings. The van der Waals surface area contributed by atoms with Crippen LogP contribution in [0.1, 0.15) is 37.1 Å². The molecular formula is C23H22BrFN6S. The molecule has 3 N–H and O–H groups in total. The third-order valence-corrected chi connectivity index (χ3v) is 7.41. The highest BCUT2D eigenvalue weighted by Gasteiger charge is 2.17. The van der Waals surface area contributed by atoms with E-state index in [4.69, 9.17) is 10.7 Å². The van der Waals surface area contributed by atoms with Crippen LogP contribution in [0.3, 0.4) is 0 Å². The maximum atomic E-state index is 14.4. The van der Waals surface area contributed by atoms with Gasteiger partial charge < -0.3 is 11.1 Å². The lowest BCUT2D eigenvalue weighted by Crippen LogP contribution is -2.17. The Morgan fingerprint density at radius 2 is 1.97 bits per heavy atom. The van der Waals surface area contributed by atoms with Gasteiger partial charge in [-0.05, 0) is 49.1 Å². The van der Waals surface area contributed by atoms with Crippen LogP contribution in [-0.4, -0.2) is 27.3 Å². The van der Waals surface area contributed by atoms with E-state index in [0.29, 0.717) is 32.7 Å². The van der Waals surface area contributed by atoms with Crippen LogP contribution in [-0.2, 0) is 0 Å². The molecule has 0 atom stereocenters. The highest BCUT2D eigenvalue weighted by atomic mass is 79.9. The molecule has 9 heteroatoms. The van der Waals surface area contributed by atoms with E-state index < -0.39 is 0 Å². The molecule has 0 spiro atoms. The summed E-state index contributed by atoms with van der Waals surface area (Å²) < 4.78 is 16.0. The molecule has 32 heavy (non-hydrogen) atoms. The van der Waals surface area contributed by atoms with Gasteiger partial charge >= 0.3 is 0 Å². The van der Waals surface area contributed by atoms with E-state index in [1.165, 1.54) is 55.8 Å². The van der Waals surface area contributed by atoms with Crippen LogP contribution in [0.5, 0.6) is 0 Å². The number of rotatable bonds is 5. The number of aromatic nitrogens is 3. The number of anilines is 2. The van der Waals surface area contributed by atoms with Crippen molar-refractivity contribution in [2.45, 2.75) is 32.1 Å². The molecule has 6 nitrogen and oxygen atoms in total. The summed E-state index contributed by atoms with van der Waals surface area (Å²) in [5.41, 5.74) is 8.19. The number of nitrogens with zero attached hydrogens (tertiary/aromatic N) is 4. The van der Waals surface area contributed by atoms with Crippen LogP contribution in [0.15, 0.2) is 46.1 Å². The number of thiazole rings is 1. The number of halogens is 2. The van der Waals surface area contributed by atoms with Crippen molar-refractivity contribution in [1.29, 1.82) is 0 Å². The molecule has 164 valence electrons. The Hall–Kier alpha value is -2.65. The molecule has 2 aromatic heterocycles. The lowest BCUT2D eigenvalue weighted by atomic mass is 9.89. The fourth-order valence-electron chi connectivity index (χ4n) is 4.12. The van der Waals surface area contributed by atoms with Gasteiger partial charge in [0, 0.05) is 11.0 Å². The van der Waals surface area contributed by atoms with Crippen molar-refractivity contribution in [1.82, 2.24) is 15.0 Å². The Bertz CT molecular complexity index is 1310. The molecule has 0 radical (unpaired) electrons. The zero-order valence-electron chi connectivity index (χ0n) is 17.3. The second kappa shape index (κ2) is 9.07. The molecule has 0 bridgehead atoms. The van der Waals surface area contributed by atoms with Gasteiger partial charge in [-0.1, -0.05) is 35.2 Å². The van der Waals surface area contributed by atoms with Crippen LogP contribution < -0.4 is 11.1 Å². The minimum atomic E-state index is -0.373. The summed E-state index contributed by atoms with van der Waals surface area (Å²) in [6.45, 7) is 0.751. The summed E-state index contributed by atoms with van der Waals surface area (Å²) in [5.74, 6) is 1.23. The molecule has 1 aliphatic carbocycles. The van der Waals surface area contributed by atoms with Gasteiger partial charge in [-0.2, -0.15) is 0 Å². The van der Waals surface area contributed by atoms with E-state index in [1.807, 2.05) is 12.1 Å². The average molecular weight is 513 g/mol. The third kappa shape index (κ3) is 4.31. The molecular weight excluding hydrogens is 491 g/mol. The number of aliphatic imine (C=N–C) groups is 1. The van der Waals surface area contributed by atoms with Gasteiger partial charge in [0.05, 0.1) is 26.8 Å². The van der Waals surface area contributed by atoms with Gasteiger partial charge in [0.15, 0.2) is 10.8 Å². The van der Waals surface area contributed by atoms with Crippen molar-refractivity contribution in [3.8, 4) is 0 Å². The lowest BCUT2D eigenvalue weighted by molar-refractivity contribution is 0.367. The Balaban J connectivity index is 1.51. The number of hydrogen-bond donors (Lipinski definition) is 2. The first-order chi connectivity index (χ1) is 15.6. The number of amidine groups is 1. The van der Waals surface area contributed by atoms with Crippen LogP contribution in [0.2, 0.25) is 0 Å². The second-order valence-electron chi connectivity index (χ2n) is 8.03. The van der Waals surface area contributed by atoms with Crippen LogP contribution >= 0.6 is 27.3 Å². The zero-order valence-corrected chi connectivity index (χ0v) is 19.7. The van der Waals surface area contributed by atoms with Gasteiger partial charge in [-0.25, -0.2) is 19.3 Å². The maximum Gasteiger partial charge on any atom is 0.159 e. The molecule has 2 aromatic carbocycles. The Labute approximate surface area is 197 Å². The number of hydrogen-bond acceptors (Lipinski definition) is 6. The summed E-state index contributed by atoms with van der Waals surface area (Å²) in [6.07, 6.45) is 7.79. The quantitative estimate of drug-likeness (QED) is 0.246. The normalized spacial score (nSPS) is 15.5. The Kier molecular flexibility index (Phi) is 6.01. The van der Waals surface area contributed by atoms with Crippen molar-refractivity contribution in [2.75, 3.05) is 11.9 Å². The first kappa shape index (κ1) is 21.2. The fraction of sp³-hybridized carbons (Fsp3) is 0.304. The summed E-state index contributed by atoms with van der Waals surface area (Å²) in [7, 11) is 0. The molecule has 1 saturated carbocycles. The maximum absolute atomic E-state index is 14.4. The van der Waals surface area contributed by atoms with Crippen LogP contribution in [0.25, 0.3) is 21.1 Å². The largest absolute Gasteiger partial charge is 0.381 e. The minimum Gasteiger partial charge on any atom is -0.381 e. The number of nitrogens with one attached hydrogen (secondary N) is 1. The van der Waals surface area contributed by atoms with Crippen LogP contribution in [0.4, 0.5) is 15.9 Å². The highest BCUT2D eigenvalue weighted by Crippen LogP contribution is 2.35. The first-order valence-corrected chi connectivity index (χ1v) is 12.3. The predicted molar refractivity (Wildman–Crippen MR) is 132 cm³/mol. The fourth-order valence-corrected chi connectivity index (χ4v) is 5.48. The average Bonchev–Trinajstić information content (AvgIpc) is 3.25. The lowest BCUT2D eigenvalue weighted by Gasteiger charge is -2.19. The molecule has 0 aliphatic heterocycles. The van der Waals surface area contributed by atoms with Crippen molar-refractivity contribution in [3.05, 3.63) is 52.0 Å². The van der Waals surface area contributed by atoms with Crippen molar-refractivity contribution in [2.24, 2.45) is 16.6 Å². The summed E-state index contributed by atoms with van der Waals surface area (Å²) in [4.78, 5) is 18.1. The Morgan fingerprint density at radius 1 is 1.16 bits per heavy atom. The van der Waals surface area contributed by atoms with Crippen molar-refractivity contribution >= 4 is 65.7 Å². The molecule has 5 rings (SSSR count). The summed E-state index contributed by atoms with van der Waals surface area (Å²) in [5, 5.41) is 4.59. The predicted octanol–water partition coefficient (Wildman–Crippen LogP) is 6.17. The van der Waals surface area contributed by atoms with E-state index in [0.717, 1.165) is 27.7 Å².